The summed E-state index contributed by atoms with van der Waals surface area (Å²) in [7, 11) is 0. The van der Waals surface area contributed by atoms with E-state index in [-0.39, 0.29) is 24.3 Å². The summed E-state index contributed by atoms with van der Waals surface area (Å²) in [6.07, 6.45) is 0.138. The number of carbonyl (C=O) groups is 1. The molecule has 0 saturated carbocycles. The van der Waals surface area contributed by atoms with Crippen LogP contribution in [0.1, 0.15) is 38.3 Å². The third-order valence-electron chi connectivity index (χ3n) is 2.72. The number of carbonyl (C=O) groups excluding carboxylic acids is 1. The van der Waals surface area contributed by atoms with Crippen molar-refractivity contribution in [3.05, 3.63) is 29.3 Å². The van der Waals surface area contributed by atoms with Crippen LogP contribution < -0.4 is 5.32 Å². The van der Waals surface area contributed by atoms with Crippen LogP contribution in [0.4, 0.5) is 5.69 Å². The molecule has 0 aliphatic heterocycles. The molecule has 0 aliphatic carbocycles. The van der Waals surface area contributed by atoms with E-state index in [9.17, 15) is 4.79 Å². The van der Waals surface area contributed by atoms with Gasteiger partial charge >= 0.3 is 0 Å². The lowest BCUT2D eigenvalue weighted by molar-refractivity contribution is -0.116. The minimum absolute atomic E-state index is 0.0597. The molecule has 17 heavy (non-hydrogen) atoms. The van der Waals surface area contributed by atoms with Crippen molar-refractivity contribution in [2.24, 2.45) is 0 Å². The first-order chi connectivity index (χ1) is 7.84. The normalized spacial score (nSPS) is 11.4. The first-order valence-corrected chi connectivity index (χ1v) is 5.86. The summed E-state index contributed by atoms with van der Waals surface area (Å²) in [6, 6.07) is 6.09. The molecule has 0 radical (unpaired) electrons. The van der Waals surface area contributed by atoms with Gasteiger partial charge in [-0.2, -0.15) is 0 Å². The van der Waals surface area contributed by atoms with Crippen molar-refractivity contribution < 1.29 is 9.90 Å². The molecule has 3 nitrogen and oxygen atoms in total. The molecule has 2 N–H and O–H groups in total. The van der Waals surface area contributed by atoms with Crippen LogP contribution >= 0.6 is 0 Å². The molecule has 0 saturated heterocycles. The van der Waals surface area contributed by atoms with Crippen molar-refractivity contribution in [1.82, 2.24) is 0 Å². The Morgan fingerprint density at radius 2 is 2.00 bits per heavy atom. The molecule has 0 spiro atoms. The molecule has 1 rings (SSSR count). The Labute approximate surface area is 103 Å². The van der Waals surface area contributed by atoms with Gasteiger partial charge in [0.05, 0.1) is 13.0 Å². The Morgan fingerprint density at radius 1 is 1.35 bits per heavy atom. The van der Waals surface area contributed by atoms with Crippen LogP contribution in [0.2, 0.25) is 0 Å². The summed E-state index contributed by atoms with van der Waals surface area (Å²) < 4.78 is 0. The van der Waals surface area contributed by atoms with E-state index in [4.69, 9.17) is 5.11 Å². The van der Waals surface area contributed by atoms with E-state index in [1.165, 1.54) is 5.56 Å². The summed E-state index contributed by atoms with van der Waals surface area (Å²) in [5.41, 5.74) is 3.10. The fraction of sp³-hybridized carbons (Fsp3) is 0.500. The third kappa shape index (κ3) is 3.86. The molecule has 1 amide bonds. The Balaban J connectivity index is 2.95. The highest BCUT2D eigenvalue weighted by Crippen LogP contribution is 2.26. The Kier molecular flexibility index (Phi) is 4.29. The number of hydrogen-bond donors (Lipinski definition) is 2. The molecule has 94 valence electrons. The molecule has 0 fully saturated rings. The fourth-order valence-corrected chi connectivity index (χ4v) is 1.54. The van der Waals surface area contributed by atoms with Crippen LogP contribution in [-0.2, 0) is 10.2 Å². The number of aliphatic hydroxyl groups excluding tert-OH is 1. The van der Waals surface area contributed by atoms with Gasteiger partial charge in [0.1, 0.15) is 0 Å². The molecular weight excluding hydrogens is 214 g/mol. The van der Waals surface area contributed by atoms with Gasteiger partial charge < -0.3 is 10.4 Å². The Bertz CT molecular complexity index is 405. The number of rotatable bonds is 3. The van der Waals surface area contributed by atoms with E-state index in [0.717, 1.165) is 11.3 Å². The highest BCUT2D eigenvalue weighted by molar-refractivity contribution is 5.91. The highest BCUT2D eigenvalue weighted by Gasteiger charge is 2.15. The monoisotopic (exact) mass is 235 g/mol. The first kappa shape index (κ1) is 13.7. The minimum atomic E-state index is -0.151. The minimum Gasteiger partial charge on any atom is -0.396 e. The molecule has 3 heteroatoms. The van der Waals surface area contributed by atoms with Crippen LogP contribution in [0.15, 0.2) is 18.2 Å². The molecule has 1 aromatic rings. The van der Waals surface area contributed by atoms with Gasteiger partial charge in [-0.05, 0) is 29.5 Å². The lowest BCUT2D eigenvalue weighted by Gasteiger charge is -2.21. The number of benzene rings is 1. The maximum atomic E-state index is 11.5. The van der Waals surface area contributed by atoms with Gasteiger partial charge in [0.15, 0.2) is 0 Å². The second kappa shape index (κ2) is 5.32. The van der Waals surface area contributed by atoms with E-state index in [1.54, 1.807) is 0 Å². The van der Waals surface area contributed by atoms with E-state index in [0.29, 0.717) is 0 Å². The second-order valence-electron chi connectivity index (χ2n) is 5.30. The molecule has 0 unspecified atom stereocenters. The maximum Gasteiger partial charge on any atom is 0.226 e. The summed E-state index contributed by atoms with van der Waals surface area (Å²) in [4.78, 5) is 11.5. The molecule has 0 aromatic heterocycles. The number of nitrogens with one attached hydrogen (secondary N) is 1. The number of hydrogen-bond acceptors (Lipinski definition) is 2. The zero-order valence-electron chi connectivity index (χ0n) is 11.0. The zero-order chi connectivity index (χ0) is 13.1. The molecule has 1 aromatic carbocycles. The van der Waals surface area contributed by atoms with Crippen molar-refractivity contribution in [3.63, 3.8) is 0 Å². The predicted octanol–water partition coefficient (Wildman–Crippen LogP) is 2.61. The Morgan fingerprint density at radius 3 is 2.53 bits per heavy atom. The van der Waals surface area contributed by atoms with Gasteiger partial charge in [-0.1, -0.05) is 32.9 Å². The quantitative estimate of drug-likeness (QED) is 0.846. The van der Waals surface area contributed by atoms with Crippen molar-refractivity contribution in [2.45, 2.75) is 39.5 Å². The van der Waals surface area contributed by atoms with Gasteiger partial charge in [-0.3, -0.25) is 4.79 Å². The highest BCUT2D eigenvalue weighted by atomic mass is 16.3. The number of anilines is 1. The van der Waals surface area contributed by atoms with Gasteiger partial charge in [-0.15, -0.1) is 0 Å². The molecule has 0 aliphatic rings. The summed E-state index contributed by atoms with van der Waals surface area (Å²) in [5.74, 6) is -0.151. The number of aliphatic hydroxyl groups is 1. The lowest BCUT2D eigenvalue weighted by Crippen LogP contribution is -2.16. The van der Waals surface area contributed by atoms with E-state index in [2.05, 4.69) is 32.2 Å². The fourth-order valence-electron chi connectivity index (χ4n) is 1.54. The largest absolute Gasteiger partial charge is 0.396 e. The SMILES string of the molecule is Cc1ccc(C(C)(C)C)cc1NC(=O)CCO. The molecular formula is C14H21NO2. The van der Waals surface area contributed by atoms with E-state index < -0.39 is 0 Å². The predicted molar refractivity (Wildman–Crippen MR) is 70.2 cm³/mol. The maximum absolute atomic E-state index is 11.5. The number of aryl methyl sites for hydroxylation is 1. The van der Waals surface area contributed by atoms with Gasteiger partial charge in [-0.25, -0.2) is 0 Å². The van der Waals surface area contributed by atoms with Crippen LogP contribution in [-0.4, -0.2) is 17.6 Å². The van der Waals surface area contributed by atoms with Gasteiger partial charge in [0, 0.05) is 5.69 Å². The van der Waals surface area contributed by atoms with E-state index in [1.807, 2.05) is 19.1 Å². The summed E-state index contributed by atoms with van der Waals surface area (Å²) >= 11 is 0. The van der Waals surface area contributed by atoms with Crippen LogP contribution in [0.5, 0.6) is 0 Å². The van der Waals surface area contributed by atoms with Crippen LogP contribution in [0.25, 0.3) is 0 Å². The average molecular weight is 235 g/mol. The van der Waals surface area contributed by atoms with E-state index >= 15 is 0 Å². The van der Waals surface area contributed by atoms with Gasteiger partial charge in [0.25, 0.3) is 0 Å². The number of amides is 1. The summed E-state index contributed by atoms with van der Waals surface area (Å²) in [6.45, 7) is 8.25. The smallest absolute Gasteiger partial charge is 0.226 e. The topological polar surface area (TPSA) is 49.3 Å². The van der Waals surface area contributed by atoms with Crippen LogP contribution in [0, 0.1) is 6.92 Å². The zero-order valence-corrected chi connectivity index (χ0v) is 11.0. The Hall–Kier alpha value is -1.35. The van der Waals surface area contributed by atoms with Crippen molar-refractivity contribution in [2.75, 3.05) is 11.9 Å². The first-order valence-electron chi connectivity index (χ1n) is 5.86. The second-order valence-corrected chi connectivity index (χ2v) is 5.30. The van der Waals surface area contributed by atoms with Crippen molar-refractivity contribution >= 4 is 11.6 Å². The van der Waals surface area contributed by atoms with Crippen molar-refractivity contribution in [1.29, 1.82) is 0 Å². The van der Waals surface area contributed by atoms with Crippen LogP contribution in [0.3, 0.4) is 0 Å². The summed E-state index contributed by atoms with van der Waals surface area (Å²) in [5, 5.41) is 11.5. The van der Waals surface area contributed by atoms with Gasteiger partial charge in [0.2, 0.25) is 5.91 Å². The molecule has 0 bridgehead atoms. The molecule has 0 atom stereocenters. The lowest BCUT2D eigenvalue weighted by atomic mass is 9.86. The van der Waals surface area contributed by atoms with Crippen molar-refractivity contribution in [3.8, 4) is 0 Å². The standard InChI is InChI=1S/C14H21NO2/c1-10-5-6-11(14(2,3)4)9-12(10)15-13(17)7-8-16/h5-6,9,16H,7-8H2,1-4H3,(H,15,17). The average Bonchev–Trinajstić information content (AvgIpc) is 2.20. The third-order valence-corrected chi connectivity index (χ3v) is 2.72. The molecule has 0 heterocycles.